The number of aryl methyl sites for hydroxylation is 1. The molecule has 0 aliphatic carbocycles. The lowest BCUT2D eigenvalue weighted by atomic mass is 10.1. The van der Waals surface area contributed by atoms with Crippen molar-refractivity contribution in [2.24, 2.45) is 0 Å². The second-order valence-electron chi connectivity index (χ2n) is 6.74. The summed E-state index contributed by atoms with van der Waals surface area (Å²) in [5.74, 6) is 0.401. The highest BCUT2D eigenvalue weighted by atomic mass is 32.2. The van der Waals surface area contributed by atoms with E-state index in [0.29, 0.717) is 12.4 Å². The zero-order valence-electron chi connectivity index (χ0n) is 15.9. The molecule has 1 unspecified atom stereocenters. The van der Waals surface area contributed by atoms with E-state index < -0.39 is 6.23 Å². The highest BCUT2D eigenvalue weighted by Crippen LogP contribution is 2.33. The van der Waals surface area contributed by atoms with Crippen molar-refractivity contribution in [1.29, 1.82) is 0 Å². The molecule has 8 heteroatoms. The zero-order chi connectivity index (χ0) is 20.4. The van der Waals surface area contributed by atoms with Crippen LogP contribution in [0.3, 0.4) is 0 Å². The number of benzene rings is 2. The number of carbonyl (C=O) groups is 3. The van der Waals surface area contributed by atoms with E-state index in [9.17, 15) is 14.4 Å². The zero-order valence-corrected chi connectivity index (χ0v) is 17.5. The van der Waals surface area contributed by atoms with Gasteiger partial charge in [-0.25, -0.2) is 4.90 Å². The number of rotatable bonds is 6. The number of hydrogen-bond donors (Lipinski definition) is 0. The predicted octanol–water partition coefficient (Wildman–Crippen LogP) is 3.91. The second kappa shape index (κ2) is 8.61. The summed E-state index contributed by atoms with van der Waals surface area (Å²) < 4.78 is 5.99. The fourth-order valence-corrected chi connectivity index (χ4v) is 5.20. The predicted molar refractivity (Wildman–Crippen MR) is 113 cm³/mol. The van der Waals surface area contributed by atoms with E-state index in [4.69, 9.17) is 4.74 Å². The third-order valence-electron chi connectivity index (χ3n) is 4.85. The number of amides is 3. The van der Waals surface area contributed by atoms with Gasteiger partial charge < -0.3 is 9.64 Å². The highest BCUT2D eigenvalue weighted by Gasteiger charge is 2.37. The molecule has 2 aliphatic rings. The van der Waals surface area contributed by atoms with Crippen LogP contribution in [-0.2, 0) is 9.53 Å². The Morgan fingerprint density at radius 2 is 1.83 bits per heavy atom. The third-order valence-corrected chi connectivity index (χ3v) is 6.78. The monoisotopic (exact) mass is 428 g/mol. The van der Waals surface area contributed by atoms with Gasteiger partial charge in [-0.3, -0.25) is 14.4 Å². The van der Waals surface area contributed by atoms with Gasteiger partial charge in [-0.15, -0.1) is 11.8 Å². The SMILES string of the molecule is Cc1cccc2c1C(=O)N(CCOC(c1ccccc1)N1C(=O)CSC1=O)CS2. The highest BCUT2D eigenvalue weighted by molar-refractivity contribution is 8.14. The van der Waals surface area contributed by atoms with Crippen molar-refractivity contribution in [3.05, 3.63) is 65.2 Å². The summed E-state index contributed by atoms with van der Waals surface area (Å²) in [4.78, 5) is 41.2. The van der Waals surface area contributed by atoms with Crippen LogP contribution in [0.4, 0.5) is 4.79 Å². The number of thioether (sulfide) groups is 2. The summed E-state index contributed by atoms with van der Waals surface area (Å²) in [5.41, 5.74) is 2.43. The van der Waals surface area contributed by atoms with Crippen LogP contribution in [-0.4, -0.2) is 51.6 Å². The Kier molecular flexibility index (Phi) is 5.94. The fourth-order valence-electron chi connectivity index (χ4n) is 3.37. The standard InChI is InChI=1S/C21H20N2O4S2/c1-14-6-5-9-16-18(14)19(25)22(13-29-16)10-11-27-20(15-7-3-2-4-8-15)23-17(24)12-28-21(23)26/h2-9,20H,10-13H2,1H3. The van der Waals surface area contributed by atoms with Crippen molar-refractivity contribution in [2.45, 2.75) is 18.0 Å². The van der Waals surface area contributed by atoms with Crippen molar-refractivity contribution in [3.8, 4) is 0 Å². The first-order valence-electron chi connectivity index (χ1n) is 9.23. The maximum Gasteiger partial charge on any atom is 0.291 e. The van der Waals surface area contributed by atoms with Crippen LogP contribution in [0.25, 0.3) is 0 Å². The van der Waals surface area contributed by atoms with Crippen LogP contribution in [0.2, 0.25) is 0 Å². The van der Waals surface area contributed by atoms with Gasteiger partial charge in [-0.2, -0.15) is 0 Å². The minimum absolute atomic E-state index is 0.0133. The van der Waals surface area contributed by atoms with E-state index in [1.54, 1.807) is 16.7 Å². The first-order chi connectivity index (χ1) is 14.1. The van der Waals surface area contributed by atoms with E-state index in [-0.39, 0.29) is 29.4 Å². The molecule has 6 nitrogen and oxygen atoms in total. The maximum absolute atomic E-state index is 12.9. The van der Waals surface area contributed by atoms with Crippen LogP contribution in [0, 0.1) is 6.92 Å². The molecule has 2 heterocycles. The summed E-state index contributed by atoms with van der Waals surface area (Å²) in [7, 11) is 0. The van der Waals surface area contributed by atoms with E-state index in [2.05, 4.69) is 0 Å². The summed E-state index contributed by atoms with van der Waals surface area (Å²) in [5, 5.41) is -0.307. The van der Waals surface area contributed by atoms with Gasteiger partial charge in [0, 0.05) is 17.0 Å². The van der Waals surface area contributed by atoms with Gasteiger partial charge in [0.2, 0.25) is 5.91 Å². The lowest BCUT2D eigenvalue weighted by Gasteiger charge is -2.31. The number of ether oxygens (including phenoxy) is 1. The van der Waals surface area contributed by atoms with Gasteiger partial charge in [0.1, 0.15) is 0 Å². The second-order valence-corrected chi connectivity index (χ2v) is 8.66. The molecule has 0 bridgehead atoms. The molecule has 29 heavy (non-hydrogen) atoms. The van der Waals surface area contributed by atoms with Gasteiger partial charge in [-0.05, 0) is 18.6 Å². The Morgan fingerprint density at radius 1 is 1.03 bits per heavy atom. The van der Waals surface area contributed by atoms with Crippen LogP contribution < -0.4 is 0 Å². The number of imide groups is 1. The lowest BCUT2D eigenvalue weighted by Crippen LogP contribution is -2.39. The van der Waals surface area contributed by atoms with Gasteiger partial charge >= 0.3 is 0 Å². The van der Waals surface area contributed by atoms with Crippen molar-refractivity contribution in [3.63, 3.8) is 0 Å². The quantitative estimate of drug-likeness (QED) is 0.695. The van der Waals surface area contributed by atoms with Crippen molar-refractivity contribution in [1.82, 2.24) is 9.80 Å². The average molecular weight is 429 g/mol. The average Bonchev–Trinajstić information content (AvgIpc) is 3.06. The van der Waals surface area contributed by atoms with Gasteiger partial charge in [0.05, 0.1) is 23.8 Å². The van der Waals surface area contributed by atoms with Crippen molar-refractivity contribution < 1.29 is 19.1 Å². The summed E-state index contributed by atoms with van der Waals surface area (Å²) >= 11 is 2.61. The molecule has 0 saturated carbocycles. The molecule has 2 aliphatic heterocycles. The topological polar surface area (TPSA) is 66.9 Å². The van der Waals surface area contributed by atoms with E-state index in [0.717, 1.165) is 33.3 Å². The third kappa shape index (κ3) is 4.05. The number of nitrogens with zero attached hydrogens (tertiary/aromatic N) is 2. The van der Waals surface area contributed by atoms with Crippen LogP contribution >= 0.6 is 23.5 Å². The molecule has 0 radical (unpaired) electrons. The van der Waals surface area contributed by atoms with Gasteiger partial charge in [0.15, 0.2) is 6.23 Å². The van der Waals surface area contributed by atoms with E-state index >= 15 is 0 Å². The largest absolute Gasteiger partial charge is 0.352 e. The molecule has 2 aromatic carbocycles. The summed E-state index contributed by atoms with van der Waals surface area (Å²) in [6.45, 7) is 2.53. The van der Waals surface area contributed by atoms with Gasteiger partial charge in [-0.1, -0.05) is 54.2 Å². The maximum atomic E-state index is 12.9. The van der Waals surface area contributed by atoms with Crippen LogP contribution in [0.1, 0.15) is 27.7 Å². The molecular formula is C21H20N2O4S2. The fraction of sp³-hybridized carbons (Fsp3) is 0.286. The Hall–Kier alpha value is -2.29. The Morgan fingerprint density at radius 3 is 2.55 bits per heavy atom. The first kappa shape index (κ1) is 20.0. The normalized spacial score (nSPS) is 17.6. The minimum atomic E-state index is -0.784. The van der Waals surface area contributed by atoms with Crippen molar-refractivity contribution in [2.75, 3.05) is 24.8 Å². The minimum Gasteiger partial charge on any atom is -0.352 e. The Labute approximate surface area is 177 Å². The molecule has 4 rings (SSSR count). The Balaban J connectivity index is 1.46. The molecule has 150 valence electrons. The smallest absolute Gasteiger partial charge is 0.291 e. The molecule has 1 fully saturated rings. The van der Waals surface area contributed by atoms with E-state index in [1.807, 2.05) is 55.5 Å². The molecule has 0 spiro atoms. The molecular weight excluding hydrogens is 408 g/mol. The van der Waals surface area contributed by atoms with Crippen LogP contribution in [0.5, 0.6) is 0 Å². The number of carbonyl (C=O) groups excluding carboxylic acids is 3. The number of hydrogen-bond acceptors (Lipinski definition) is 6. The molecule has 0 N–H and O–H groups in total. The van der Waals surface area contributed by atoms with Crippen molar-refractivity contribution >= 4 is 40.6 Å². The molecule has 1 saturated heterocycles. The first-order valence-corrected chi connectivity index (χ1v) is 11.2. The molecule has 1 atom stereocenters. The summed E-state index contributed by atoms with van der Waals surface area (Å²) in [6.07, 6.45) is -0.784. The molecule has 0 aromatic heterocycles. The number of fused-ring (bicyclic) bond motifs is 1. The molecule has 3 amide bonds. The molecule has 2 aromatic rings. The van der Waals surface area contributed by atoms with Gasteiger partial charge in [0.25, 0.3) is 11.1 Å². The lowest BCUT2D eigenvalue weighted by molar-refractivity contribution is -0.136. The van der Waals surface area contributed by atoms with Crippen LogP contribution in [0.15, 0.2) is 53.4 Å². The van der Waals surface area contributed by atoms with E-state index in [1.165, 1.54) is 4.90 Å². The Bertz CT molecular complexity index is 935. The summed E-state index contributed by atoms with van der Waals surface area (Å²) in [6, 6.07) is 15.1.